The van der Waals surface area contributed by atoms with Crippen LogP contribution >= 0.6 is 27.5 Å². The van der Waals surface area contributed by atoms with Crippen molar-refractivity contribution in [3.63, 3.8) is 0 Å². The van der Waals surface area contributed by atoms with Crippen LogP contribution < -0.4 is 4.90 Å². The molecule has 0 radical (unpaired) electrons. The second kappa shape index (κ2) is 4.92. The van der Waals surface area contributed by atoms with Crippen molar-refractivity contribution in [1.29, 1.82) is 0 Å². The summed E-state index contributed by atoms with van der Waals surface area (Å²) < 4.78 is 1.11. The van der Waals surface area contributed by atoms with Crippen LogP contribution in [0.2, 0.25) is 0 Å². The van der Waals surface area contributed by atoms with E-state index < -0.39 is 0 Å². The Labute approximate surface area is 110 Å². The summed E-state index contributed by atoms with van der Waals surface area (Å²) in [6.07, 6.45) is 2.90. The number of halogens is 2. The van der Waals surface area contributed by atoms with E-state index in [2.05, 4.69) is 39.7 Å². The SMILES string of the molecule is Cc1ccnc(N2CCC(Cl)C(C)C2)c1Br. The lowest BCUT2D eigenvalue weighted by atomic mass is 9.99. The molecule has 0 N–H and O–H groups in total. The first-order valence-electron chi connectivity index (χ1n) is 5.59. The molecule has 1 saturated heterocycles. The Hall–Kier alpha value is -0.280. The monoisotopic (exact) mass is 302 g/mol. The number of hydrogen-bond acceptors (Lipinski definition) is 2. The highest BCUT2D eigenvalue weighted by atomic mass is 79.9. The maximum absolute atomic E-state index is 6.23. The number of anilines is 1. The van der Waals surface area contributed by atoms with Crippen LogP contribution in [-0.2, 0) is 0 Å². The van der Waals surface area contributed by atoms with E-state index in [1.54, 1.807) is 0 Å². The molecule has 1 aliphatic rings. The second-order valence-electron chi connectivity index (χ2n) is 4.49. The average Bonchev–Trinajstić information content (AvgIpc) is 2.26. The Morgan fingerprint density at radius 1 is 1.56 bits per heavy atom. The molecule has 88 valence electrons. The van der Waals surface area contributed by atoms with Crippen molar-refractivity contribution in [2.45, 2.75) is 25.6 Å². The molecule has 2 atom stereocenters. The number of rotatable bonds is 1. The third-order valence-corrected chi connectivity index (χ3v) is 4.79. The van der Waals surface area contributed by atoms with Gasteiger partial charge in [-0.05, 0) is 46.8 Å². The molecule has 0 spiro atoms. The van der Waals surface area contributed by atoms with Crippen LogP contribution in [0.25, 0.3) is 0 Å². The Morgan fingerprint density at radius 3 is 3.00 bits per heavy atom. The fraction of sp³-hybridized carbons (Fsp3) is 0.583. The third-order valence-electron chi connectivity index (χ3n) is 3.16. The van der Waals surface area contributed by atoms with Gasteiger partial charge in [-0.3, -0.25) is 0 Å². The average molecular weight is 304 g/mol. The van der Waals surface area contributed by atoms with Gasteiger partial charge < -0.3 is 4.90 Å². The summed E-state index contributed by atoms with van der Waals surface area (Å²) in [5, 5.41) is 0.305. The van der Waals surface area contributed by atoms with Crippen LogP contribution in [0.1, 0.15) is 18.9 Å². The van der Waals surface area contributed by atoms with E-state index in [0.717, 1.165) is 29.8 Å². The molecule has 2 heterocycles. The zero-order valence-corrected chi connectivity index (χ0v) is 11.9. The highest BCUT2D eigenvalue weighted by Gasteiger charge is 2.26. The molecule has 1 fully saturated rings. The molecule has 1 aliphatic heterocycles. The molecule has 0 amide bonds. The lowest BCUT2D eigenvalue weighted by Crippen LogP contribution is -2.40. The number of alkyl halides is 1. The topological polar surface area (TPSA) is 16.1 Å². The van der Waals surface area contributed by atoms with E-state index in [-0.39, 0.29) is 0 Å². The Balaban J connectivity index is 2.22. The fourth-order valence-electron chi connectivity index (χ4n) is 2.06. The van der Waals surface area contributed by atoms with Crippen molar-refractivity contribution >= 4 is 33.3 Å². The van der Waals surface area contributed by atoms with E-state index in [1.165, 1.54) is 5.56 Å². The summed E-state index contributed by atoms with van der Waals surface area (Å²) in [6.45, 7) is 6.28. The van der Waals surface area contributed by atoms with Gasteiger partial charge in [-0.2, -0.15) is 0 Å². The number of piperidine rings is 1. The molecule has 0 saturated carbocycles. The largest absolute Gasteiger partial charge is 0.355 e. The van der Waals surface area contributed by atoms with Gasteiger partial charge in [0.15, 0.2) is 0 Å². The van der Waals surface area contributed by atoms with Gasteiger partial charge in [-0.1, -0.05) is 6.92 Å². The minimum atomic E-state index is 0.305. The van der Waals surface area contributed by atoms with Gasteiger partial charge >= 0.3 is 0 Å². The predicted octanol–water partition coefficient (Wildman–Crippen LogP) is 3.61. The highest BCUT2D eigenvalue weighted by Crippen LogP contribution is 2.31. The molecule has 4 heteroatoms. The van der Waals surface area contributed by atoms with Crippen molar-refractivity contribution < 1.29 is 0 Å². The molecule has 16 heavy (non-hydrogen) atoms. The van der Waals surface area contributed by atoms with Gasteiger partial charge in [0, 0.05) is 24.7 Å². The van der Waals surface area contributed by atoms with Crippen molar-refractivity contribution in [2.24, 2.45) is 5.92 Å². The molecular weight excluding hydrogens is 288 g/mol. The Kier molecular flexibility index (Phi) is 3.75. The Morgan fingerprint density at radius 2 is 2.31 bits per heavy atom. The summed E-state index contributed by atoms with van der Waals surface area (Å²) in [4.78, 5) is 6.78. The van der Waals surface area contributed by atoms with Gasteiger partial charge in [-0.15, -0.1) is 11.6 Å². The fourth-order valence-corrected chi connectivity index (χ4v) is 2.72. The van der Waals surface area contributed by atoms with E-state index >= 15 is 0 Å². The minimum absolute atomic E-state index is 0.305. The summed E-state index contributed by atoms with van der Waals surface area (Å²) >= 11 is 9.85. The van der Waals surface area contributed by atoms with Crippen molar-refractivity contribution in [1.82, 2.24) is 4.98 Å². The van der Waals surface area contributed by atoms with E-state index in [0.29, 0.717) is 11.3 Å². The van der Waals surface area contributed by atoms with E-state index in [9.17, 15) is 0 Å². The summed E-state index contributed by atoms with van der Waals surface area (Å²) in [7, 11) is 0. The normalized spacial score (nSPS) is 25.9. The lowest BCUT2D eigenvalue weighted by Gasteiger charge is -2.35. The molecule has 2 rings (SSSR count). The number of pyridine rings is 1. The quantitative estimate of drug-likeness (QED) is 0.737. The predicted molar refractivity (Wildman–Crippen MR) is 72.3 cm³/mol. The molecule has 0 aliphatic carbocycles. The summed E-state index contributed by atoms with van der Waals surface area (Å²) in [5.41, 5.74) is 1.23. The van der Waals surface area contributed by atoms with Crippen molar-refractivity contribution in [3.8, 4) is 0 Å². The third kappa shape index (κ3) is 2.35. The molecule has 2 unspecified atom stereocenters. The molecule has 0 aromatic carbocycles. The van der Waals surface area contributed by atoms with Gasteiger partial charge in [0.1, 0.15) is 5.82 Å². The first-order valence-corrected chi connectivity index (χ1v) is 6.82. The van der Waals surface area contributed by atoms with Crippen molar-refractivity contribution in [2.75, 3.05) is 18.0 Å². The Bertz CT molecular complexity index is 383. The van der Waals surface area contributed by atoms with Crippen LogP contribution in [0.4, 0.5) is 5.82 Å². The van der Waals surface area contributed by atoms with Crippen LogP contribution in [0.15, 0.2) is 16.7 Å². The van der Waals surface area contributed by atoms with Crippen LogP contribution in [0.5, 0.6) is 0 Å². The molecule has 2 nitrogen and oxygen atoms in total. The van der Waals surface area contributed by atoms with Gasteiger partial charge in [0.2, 0.25) is 0 Å². The van der Waals surface area contributed by atoms with Crippen LogP contribution in [0.3, 0.4) is 0 Å². The summed E-state index contributed by atoms with van der Waals surface area (Å²) in [5.74, 6) is 1.57. The minimum Gasteiger partial charge on any atom is -0.355 e. The molecular formula is C12H16BrClN2. The maximum Gasteiger partial charge on any atom is 0.143 e. The van der Waals surface area contributed by atoms with Gasteiger partial charge in [-0.25, -0.2) is 4.98 Å². The first kappa shape index (κ1) is 12.2. The van der Waals surface area contributed by atoms with E-state index in [1.807, 2.05) is 12.3 Å². The van der Waals surface area contributed by atoms with Gasteiger partial charge in [0.05, 0.1) is 4.47 Å². The zero-order valence-electron chi connectivity index (χ0n) is 9.58. The lowest BCUT2D eigenvalue weighted by molar-refractivity contribution is 0.452. The maximum atomic E-state index is 6.23. The summed E-state index contributed by atoms with van der Waals surface area (Å²) in [6, 6.07) is 2.02. The molecule has 1 aromatic rings. The zero-order chi connectivity index (χ0) is 11.7. The number of aryl methyl sites for hydroxylation is 1. The van der Waals surface area contributed by atoms with Crippen molar-refractivity contribution in [3.05, 3.63) is 22.3 Å². The van der Waals surface area contributed by atoms with E-state index in [4.69, 9.17) is 11.6 Å². The second-order valence-corrected chi connectivity index (χ2v) is 5.85. The highest BCUT2D eigenvalue weighted by molar-refractivity contribution is 9.10. The van der Waals surface area contributed by atoms with Gasteiger partial charge in [0.25, 0.3) is 0 Å². The number of hydrogen-bond donors (Lipinski definition) is 0. The van der Waals surface area contributed by atoms with Crippen LogP contribution in [0, 0.1) is 12.8 Å². The smallest absolute Gasteiger partial charge is 0.143 e. The van der Waals surface area contributed by atoms with Crippen LogP contribution in [-0.4, -0.2) is 23.5 Å². The number of aromatic nitrogens is 1. The number of nitrogens with zero attached hydrogens (tertiary/aromatic N) is 2. The standard InChI is InChI=1S/C12H16BrClN2/c1-8-3-5-15-12(11(8)13)16-6-4-10(14)9(2)7-16/h3,5,9-10H,4,6-7H2,1-2H3. The molecule has 1 aromatic heterocycles. The first-order chi connectivity index (χ1) is 7.59. The molecule has 0 bridgehead atoms.